The van der Waals surface area contributed by atoms with E-state index in [-0.39, 0.29) is 11.4 Å². The van der Waals surface area contributed by atoms with Crippen molar-refractivity contribution in [3.63, 3.8) is 0 Å². The van der Waals surface area contributed by atoms with Gasteiger partial charge in [0.05, 0.1) is 12.2 Å². The van der Waals surface area contributed by atoms with Crippen LogP contribution in [0.3, 0.4) is 0 Å². The highest BCUT2D eigenvalue weighted by atomic mass is 16.5. The van der Waals surface area contributed by atoms with E-state index in [2.05, 4.69) is 6.92 Å². The lowest BCUT2D eigenvalue weighted by Gasteiger charge is -2.15. The average molecular weight is 271 g/mol. The topological polar surface area (TPSA) is 50.1 Å². The predicted molar refractivity (Wildman–Crippen MR) is 80.3 cm³/mol. The van der Waals surface area contributed by atoms with E-state index >= 15 is 0 Å². The minimum Gasteiger partial charge on any atom is -0.494 e. The zero-order valence-corrected chi connectivity index (χ0v) is 12.6. The maximum Gasteiger partial charge on any atom is 0.178 e. The number of allylic oxidation sites excluding steroid dienone is 1. The summed E-state index contributed by atoms with van der Waals surface area (Å²) in [6.45, 7) is 8.15. The Morgan fingerprint density at radius 2 is 1.90 bits per heavy atom. The van der Waals surface area contributed by atoms with E-state index < -0.39 is 5.41 Å². The molecule has 0 aliphatic heterocycles. The normalized spacial score (nSPS) is 11.8. The lowest BCUT2D eigenvalue weighted by Crippen LogP contribution is -2.21. The summed E-state index contributed by atoms with van der Waals surface area (Å²) < 4.78 is 5.49. The summed E-state index contributed by atoms with van der Waals surface area (Å²) in [5.74, 6) is 0.649. The van der Waals surface area contributed by atoms with Crippen molar-refractivity contribution in [1.29, 1.82) is 5.26 Å². The third-order valence-electron chi connectivity index (χ3n) is 2.71. The van der Waals surface area contributed by atoms with Gasteiger partial charge in [-0.2, -0.15) is 5.26 Å². The van der Waals surface area contributed by atoms with Crippen LogP contribution in [-0.2, 0) is 4.79 Å². The second-order valence-corrected chi connectivity index (χ2v) is 5.67. The summed E-state index contributed by atoms with van der Waals surface area (Å²) in [5, 5.41) is 9.13. The van der Waals surface area contributed by atoms with Gasteiger partial charge in [0.2, 0.25) is 0 Å². The maximum absolute atomic E-state index is 12.1. The Kier molecular flexibility index (Phi) is 5.52. The molecule has 0 unspecified atom stereocenters. The molecule has 0 amide bonds. The Balaban J connectivity index is 2.92. The molecule has 0 spiro atoms. The first-order valence-electron chi connectivity index (χ1n) is 6.78. The van der Waals surface area contributed by atoms with E-state index in [1.807, 2.05) is 51.1 Å². The molecule has 0 radical (unpaired) electrons. The zero-order valence-electron chi connectivity index (χ0n) is 12.6. The molecule has 0 heterocycles. The van der Waals surface area contributed by atoms with E-state index in [0.717, 1.165) is 17.7 Å². The molecule has 0 aromatic heterocycles. The number of ketones is 1. The zero-order chi connectivity index (χ0) is 15.2. The van der Waals surface area contributed by atoms with Gasteiger partial charge in [-0.3, -0.25) is 4.79 Å². The monoisotopic (exact) mass is 271 g/mol. The van der Waals surface area contributed by atoms with Gasteiger partial charge in [0.25, 0.3) is 0 Å². The summed E-state index contributed by atoms with van der Waals surface area (Å²) in [5.41, 5.74) is 0.453. The van der Waals surface area contributed by atoms with E-state index in [1.165, 1.54) is 0 Å². The Bertz CT molecular complexity index is 528. The molecule has 0 saturated heterocycles. The van der Waals surface area contributed by atoms with Gasteiger partial charge in [0, 0.05) is 5.41 Å². The van der Waals surface area contributed by atoms with Crippen molar-refractivity contribution in [1.82, 2.24) is 0 Å². The SMILES string of the molecule is CCCOc1ccc(/C=C(/C#N)C(=O)C(C)(C)C)cc1. The molecule has 0 aliphatic carbocycles. The van der Waals surface area contributed by atoms with E-state index in [9.17, 15) is 4.79 Å². The first kappa shape index (κ1) is 16.0. The van der Waals surface area contributed by atoms with Crippen molar-refractivity contribution < 1.29 is 9.53 Å². The average Bonchev–Trinajstić information content (AvgIpc) is 2.42. The number of Topliss-reactive ketones (excluding diaryl/α,β-unsaturated/α-hetero) is 1. The fourth-order valence-corrected chi connectivity index (χ4v) is 1.60. The molecule has 0 bridgehead atoms. The summed E-state index contributed by atoms with van der Waals surface area (Å²) in [4.78, 5) is 12.1. The van der Waals surface area contributed by atoms with Gasteiger partial charge in [-0.25, -0.2) is 0 Å². The third-order valence-corrected chi connectivity index (χ3v) is 2.71. The number of hydrogen-bond donors (Lipinski definition) is 0. The largest absolute Gasteiger partial charge is 0.494 e. The van der Waals surface area contributed by atoms with E-state index in [1.54, 1.807) is 6.08 Å². The Hall–Kier alpha value is -2.08. The quantitative estimate of drug-likeness (QED) is 0.601. The van der Waals surface area contributed by atoms with Crippen molar-refractivity contribution in [3.8, 4) is 11.8 Å². The number of nitrogens with zero attached hydrogens (tertiary/aromatic N) is 1. The van der Waals surface area contributed by atoms with Gasteiger partial charge < -0.3 is 4.74 Å². The molecule has 0 fully saturated rings. The standard InChI is InChI=1S/C17H21NO2/c1-5-10-20-15-8-6-13(7-9-15)11-14(12-18)16(19)17(2,3)4/h6-9,11H,5,10H2,1-4H3/b14-11-. The van der Waals surface area contributed by atoms with Crippen LogP contribution >= 0.6 is 0 Å². The Morgan fingerprint density at radius 1 is 1.30 bits per heavy atom. The van der Waals surface area contributed by atoms with Crippen molar-refractivity contribution in [2.24, 2.45) is 5.41 Å². The lowest BCUT2D eigenvalue weighted by atomic mass is 9.86. The minimum absolute atomic E-state index is 0.147. The molecule has 0 saturated carbocycles. The smallest absolute Gasteiger partial charge is 0.178 e. The van der Waals surface area contributed by atoms with Crippen LogP contribution in [-0.4, -0.2) is 12.4 Å². The molecule has 3 heteroatoms. The second-order valence-electron chi connectivity index (χ2n) is 5.67. The number of carbonyl (C=O) groups excluding carboxylic acids is 1. The van der Waals surface area contributed by atoms with Crippen LogP contribution in [0, 0.1) is 16.7 Å². The molecule has 20 heavy (non-hydrogen) atoms. The van der Waals surface area contributed by atoms with Gasteiger partial charge in [-0.1, -0.05) is 39.8 Å². The molecule has 1 rings (SSSR count). The second kappa shape index (κ2) is 6.91. The Morgan fingerprint density at radius 3 is 2.35 bits per heavy atom. The molecule has 1 aromatic rings. The predicted octanol–water partition coefficient (Wildman–Crippen LogP) is 4.00. The molecule has 1 aromatic carbocycles. The van der Waals surface area contributed by atoms with E-state index in [4.69, 9.17) is 10.00 Å². The summed E-state index contributed by atoms with van der Waals surface area (Å²) in [6, 6.07) is 9.37. The number of nitriles is 1. The molecular weight excluding hydrogens is 250 g/mol. The van der Waals surface area contributed by atoms with Crippen LogP contribution in [0.15, 0.2) is 29.8 Å². The highest BCUT2D eigenvalue weighted by Crippen LogP contribution is 2.22. The van der Waals surface area contributed by atoms with Crippen molar-refractivity contribution in [2.75, 3.05) is 6.61 Å². The van der Waals surface area contributed by atoms with Crippen molar-refractivity contribution in [3.05, 3.63) is 35.4 Å². The fourth-order valence-electron chi connectivity index (χ4n) is 1.60. The molecule has 0 aliphatic rings. The summed E-state index contributed by atoms with van der Waals surface area (Å²) in [6.07, 6.45) is 2.58. The van der Waals surface area contributed by atoms with Crippen LogP contribution in [0.2, 0.25) is 0 Å². The minimum atomic E-state index is -0.550. The summed E-state index contributed by atoms with van der Waals surface area (Å²) in [7, 11) is 0. The number of rotatable bonds is 5. The first-order chi connectivity index (χ1) is 9.38. The van der Waals surface area contributed by atoms with Gasteiger partial charge >= 0.3 is 0 Å². The lowest BCUT2D eigenvalue weighted by molar-refractivity contribution is -0.121. The highest BCUT2D eigenvalue weighted by Gasteiger charge is 2.24. The van der Waals surface area contributed by atoms with Gasteiger partial charge in [0.1, 0.15) is 11.8 Å². The number of hydrogen-bond acceptors (Lipinski definition) is 3. The molecule has 0 N–H and O–H groups in total. The van der Waals surface area contributed by atoms with E-state index in [0.29, 0.717) is 6.61 Å². The fraction of sp³-hybridized carbons (Fsp3) is 0.412. The highest BCUT2D eigenvalue weighted by molar-refractivity contribution is 6.06. The number of benzene rings is 1. The van der Waals surface area contributed by atoms with Gasteiger partial charge in [-0.05, 0) is 30.2 Å². The number of carbonyl (C=O) groups is 1. The number of ether oxygens (including phenoxy) is 1. The van der Waals surface area contributed by atoms with Crippen LogP contribution in [0.25, 0.3) is 6.08 Å². The van der Waals surface area contributed by atoms with Crippen molar-refractivity contribution in [2.45, 2.75) is 34.1 Å². The van der Waals surface area contributed by atoms with Crippen LogP contribution in [0.4, 0.5) is 0 Å². The van der Waals surface area contributed by atoms with Gasteiger partial charge in [0.15, 0.2) is 5.78 Å². The molecule has 0 atom stereocenters. The Labute approximate surface area is 120 Å². The van der Waals surface area contributed by atoms with Crippen LogP contribution < -0.4 is 4.74 Å². The molecular formula is C17H21NO2. The van der Waals surface area contributed by atoms with Crippen LogP contribution in [0.5, 0.6) is 5.75 Å². The molecule has 3 nitrogen and oxygen atoms in total. The summed E-state index contributed by atoms with van der Waals surface area (Å²) >= 11 is 0. The third kappa shape index (κ3) is 4.55. The van der Waals surface area contributed by atoms with Crippen LogP contribution in [0.1, 0.15) is 39.7 Å². The van der Waals surface area contributed by atoms with Crippen molar-refractivity contribution >= 4 is 11.9 Å². The molecule has 106 valence electrons. The first-order valence-corrected chi connectivity index (χ1v) is 6.78. The van der Waals surface area contributed by atoms with Gasteiger partial charge in [-0.15, -0.1) is 0 Å². The maximum atomic E-state index is 12.1.